The van der Waals surface area contributed by atoms with Crippen LogP contribution in [0.4, 0.5) is 5.82 Å². The van der Waals surface area contributed by atoms with E-state index in [9.17, 15) is 0 Å². The van der Waals surface area contributed by atoms with Gasteiger partial charge >= 0.3 is 0 Å². The minimum absolute atomic E-state index is 0.337. The number of hydrogen-bond donors (Lipinski definition) is 2. The Balaban J connectivity index is 2.08. The van der Waals surface area contributed by atoms with Crippen LogP contribution in [-0.2, 0) is 0 Å². The zero-order valence-corrected chi connectivity index (χ0v) is 12.7. The van der Waals surface area contributed by atoms with Gasteiger partial charge in [-0.15, -0.1) is 0 Å². The molecule has 0 spiro atoms. The molecular formula is C16H19N5O. The van der Waals surface area contributed by atoms with Gasteiger partial charge in [-0.3, -0.25) is 0 Å². The number of hydrogen-bond acceptors (Lipinski definition) is 6. The first-order valence-electron chi connectivity index (χ1n) is 7.17. The van der Waals surface area contributed by atoms with Crippen molar-refractivity contribution in [3.63, 3.8) is 0 Å². The van der Waals surface area contributed by atoms with Crippen LogP contribution in [0.25, 0.3) is 11.3 Å². The van der Waals surface area contributed by atoms with E-state index in [0.717, 1.165) is 22.6 Å². The van der Waals surface area contributed by atoms with Crippen molar-refractivity contribution in [1.82, 2.24) is 9.88 Å². The molecule has 3 rings (SSSR count). The first-order chi connectivity index (χ1) is 10.6. The van der Waals surface area contributed by atoms with Gasteiger partial charge in [0.1, 0.15) is 11.9 Å². The molecule has 1 unspecified atom stereocenters. The van der Waals surface area contributed by atoms with Crippen molar-refractivity contribution in [2.24, 2.45) is 16.5 Å². The highest BCUT2D eigenvalue weighted by Crippen LogP contribution is 2.34. The van der Waals surface area contributed by atoms with Gasteiger partial charge in [0.25, 0.3) is 0 Å². The number of nitrogens with two attached hydrogens (primary N) is 2. The maximum Gasteiger partial charge on any atom is 0.199 e. The van der Waals surface area contributed by atoms with Crippen molar-refractivity contribution in [3.05, 3.63) is 42.0 Å². The quantitative estimate of drug-likeness (QED) is 0.904. The van der Waals surface area contributed by atoms with Gasteiger partial charge < -0.3 is 21.1 Å². The van der Waals surface area contributed by atoms with E-state index in [1.165, 1.54) is 0 Å². The molecule has 0 amide bonds. The van der Waals surface area contributed by atoms with E-state index < -0.39 is 0 Å². The van der Waals surface area contributed by atoms with Crippen LogP contribution >= 0.6 is 0 Å². The van der Waals surface area contributed by atoms with Crippen LogP contribution in [0.15, 0.2) is 41.4 Å². The van der Waals surface area contributed by atoms with Crippen molar-refractivity contribution in [1.29, 1.82) is 0 Å². The second-order valence-corrected chi connectivity index (χ2v) is 5.06. The van der Waals surface area contributed by atoms with E-state index in [1.807, 2.05) is 50.4 Å². The fraction of sp³-hybridized carbons (Fsp3) is 0.250. The number of pyridine rings is 1. The van der Waals surface area contributed by atoms with E-state index in [-0.39, 0.29) is 6.17 Å². The molecule has 0 bridgehead atoms. The van der Waals surface area contributed by atoms with Crippen LogP contribution in [0, 0.1) is 0 Å². The van der Waals surface area contributed by atoms with E-state index >= 15 is 0 Å². The molecule has 6 nitrogen and oxygen atoms in total. The van der Waals surface area contributed by atoms with Crippen molar-refractivity contribution >= 4 is 11.8 Å². The van der Waals surface area contributed by atoms with Crippen LogP contribution < -0.4 is 16.2 Å². The van der Waals surface area contributed by atoms with Gasteiger partial charge in [0, 0.05) is 18.2 Å². The highest BCUT2D eigenvalue weighted by Gasteiger charge is 2.24. The topological polar surface area (TPSA) is 89.8 Å². The summed E-state index contributed by atoms with van der Waals surface area (Å²) in [6.07, 6.45) is -0.337. The Kier molecular flexibility index (Phi) is 3.68. The highest BCUT2D eigenvalue weighted by atomic mass is 16.5. The molecule has 0 aliphatic carbocycles. The average molecular weight is 297 g/mol. The lowest BCUT2D eigenvalue weighted by Gasteiger charge is -2.30. The van der Waals surface area contributed by atoms with Gasteiger partial charge in [0.05, 0.1) is 12.3 Å². The molecule has 2 aromatic rings. The Bertz CT molecular complexity index is 728. The Hall–Kier alpha value is -2.60. The van der Waals surface area contributed by atoms with Gasteiger partial charge in [0.2, 0.25) is 0 Å². The number of aliphatic imine (C=N–C) groups is 1. The molecule has 6 heteroatoms. The van der Waals surface area contributed by atoms with Gasteiger partial charge in [-0.05, 0) is 31.2 Å². The lowest BCUT2D eigenvalue weighted by molar-refractivity contribution is 0.341. The summed E-state index contributed by atoms with van der Waals surface area (Å²) >= 11 is 0. The predicted molar refractivity (Wildman–Crippen MR) is 86.8 cm³/mol. The number of nitrogens with zero attached hydrogens (tertiary/aromatic N) is 3. The molecule has 0 fully saturated rings. The van der Waals surface area contributed by atoms with Crippen molar-refractivity contribution < 1.29 is 4.74 Å². The molecule has 1 aromatic carbocycles. The van der Waals surface area contributed by atoms with Crippen molar-refractivity contribution in [2.45, 2.75) is 13.1 Å². The van der Waals surface area contributed by atoms with Crippen LogP contribution in [0.1, 0.15) is 18.7 Å². The monoisotopic (exact) mass is 297 g/mol. The smallest absolute Gasteiger partial charge is 0.199 e. The molecule has 4 N–H and O–H groups in total. The van der Waals surface area contributed by atoms with E-state index in [0.29, 0.717) is 18.4 Å². The number of benzene rings is 1. The summed E-state index contributed by atoms with van der Waals surface area (Å²) in [5, 5.41) is 0. The largest absolute Gasteiger partial charge is 0.493 e. The summed E-state index contributed by atoms with van der Waals surface area (Å²) in [6.45, 7) is 2.56. The third-order valence-electron chi connectivity index (χ3n) is 3.69. The molecule has 0 saturated carbocycles. The van der Waals surface area contributed by atoms with Crippen LogP contribution in [0.5, 0.6) is 5.75 Å². The normalized spacial score (nSPS) is 17.0. The molecule has 2 heterocycles. The van der Waals surface area contributed by atoms with Gasteiger partial charge in [0.15, 0.2) is 11.8 Å². The maximum atomic E-state index is 6.15. The number of ether oxygens (including phenoxy) is 1. The lowest BCUT2D eigenvalue weighted by atomic mass is 10.1. The summed E-state index contributed by atoms with van der Waals surface area (Å²) in [4.78, 5) is 10.7. The molecule has 22 heavy (non-hydrogen) atoms. The molecular weight excluding hydrogens is 278 g/mol. The Morgan fingerprint density at radius 1 is 1.23 bits per heavy atom. The third kappa shape index (κ3) is 2.37. The Morgan fingerprint density at radius 3 is 2.77 bits per heavy atom. The maximum absolute atomic E-state index is 6.15. The fourth-order valence-corrected chi connectivity index (χ4v) is 2.43. The SMILES string of the molecule is CCOc1ccccc1-c1ccc2c(n1)N=C(N)N(C)C2N. The molecule has 0 saturated heterocycles. The molecule has 0 radical (unpaired) electrons. The first kappa shape index (κ1) is 14.3. The minimum Gasteiger partial charge on any atom is -0.493 e. The second-order valence-electron chi connectivity index (χ2n) is 5.06. The molecule has 1 atom stereocenters. The van der Waals surface area contributed by atoms with E-state index in [4.69, 9.17) is 16.2 Å². The zero-order chi connectivity index (χ0) is 15.7. The number of fused-ring (bicyclic) bond motifs is 1. The third-order valence-corrected chi connectivity index (χ3v) is 3.69. The highest BCUT2D eigenvalue weighted by molar-refractivity contribution is 5.83. The zero-order valence-electron chi connectivity index (χ0n) is 12.7. The summed E-state index contributed by atoms with van der Waals surface area (Å²) in [6, 6.07) is 11.7. The number of guanidine groups is 1. The molecule has 1 aliphatic heterocycles. The lowest BCUT2D eigenvalue weighted by Crippen LogP contribution is -2.43. The van der Waals surface area contributed by atoms with Crippen LogP contribution in [-0.4, -0.2) is 29.5 Å². The average Bonchev–Trinajstić information content (AvgIpc) is 2.53. The number of rotatable bonds is 3. The standard InChI is InChI=1S/C16H19N5O/c1-3-22-13-7-5-4-6-10(13)12-9-8-11-14(17)21(2)16(18)20-15(11)19-12/h4-9,14H,3,17H2,1-2H3,(H2,18,19,20). The van der Waals surface area contributed by atoms with E-state index in [2.05, 4.69) is 9.98 Å². The molecule has 1 aromatic heterocycles. The van der Waals surface area contributed by atoms with E-state index in [1.54, 1.807) is 4.90 Å². The fourth-order valence-electron chi connectivity index (χ4n) is 2.43. The predicted octanol–water partition coefficient (Wildman–Crippen LogP) is 2.00. The van der Waals surface area contributed by atoms with Crippen LogP contribution in [0.2, 0.25) is 0 Å². The van der Waals surface area contributed by atoms with Gasteiger partial charge in [-0.1, -0.05) is 12.1 Å². The van der Waals surface area contributed by atoms with Crippen LogP contribution in [0.3, 0.4) is 0 Å². The summed E-state index contributed by atoms with van der Waals surface area (Å²) < 4.78 is 5.66. The summed E-state index contributed by atoms with van der Waals surface area (Å²) in [5.41, 5.74) is 14.6. The second kappa shape index (κ2) is 5.65. The summed E-state index contributed by atoms with van der Waals surface area (Å²) in [7, 11) is 1.81. The Labute approximate surface area is 129 Å². The molecule has 114 valence electrons. The van der Waals surface area contributed by atoms with Crippen molar-refractivity contribution in [2.75, 3.05) is 13.7 Å². The van der Waals surface area contributed by atoms with Gasteiger partial charge in [-0.25, -0.2) is 4.98 Å². The first-order valence-corrected chi connectivity index (χ1v) is 7.17. The number of aromatic nitrogens is 1. The number of para-hydroxylation sites is 1. The molecule has 1 aliphatic rings. The van der Waals surface area contributed by atoms with Crippen molar-refractivity contribution in [3.8, 4) is 17.0 Å². The van der Waals surface area contributed by atoms with Gasteiger partial charge in [-0.2, -0.15) is 4.99 Å². The Morgan fingerprint density at radius 2 is 2.00 bits per heavy atom. The summed E-state index contributed by atoms with van der Waals surface area (Å²) in [5.74, 6) is 1.72. The minimum atomic E-state index is -0.337.